The Morgan fingerprint density at radius 1 is 1.16 bits per heavy atom. The normalized spacial score (nSPS) is 25.8. The number of alkyl halides is 3. The van der Waals surface area contributed by atoms with Crippen molar-refractivity contribution >= 4 is 11.8 Å². The molecule has 0 aromatic carbocycles. The van der Waals surface area contributed by atoms with Crippen LogP contribution in [-0.2, 0) is 14.3 Å². The third-order valence-electron chi connectivity index (χ3n) is 9.12. The molecule has 3 aliphatic rings. The van der Waals surface area contributed by atoms with Gasteiger partial charge >= 0.3 is 6.18 Å². The number of methoxy groups -OCH3 is 2. The Bertz CT molecular complexity index is 1320. The average Bonchev–Trinajstić information content (AvgIpc) is 3.56. The largest absolute Gasteiger partial charge is 0.481 e. The first kappa shape index (κ1) is 31.2. The first-order valence-corrected chi connectivity index (χ1v) is 14.5. The van der Waals surface area contributed by atoms with E-state index in [-0.39, 0.29) is 73.2 Å². The second-order valence-corrected chi connectivity index (χ2v) is 11.9. The summed E-state index contributed by atoms with van der Waals surface area (Å²) in [6.45, 7) is 1.82. The number of H-pyrrole nitrogens is 1. The number of nitrogens with zero attached hydrogens (tertiary/aromatic N) is 3. The van der Waals surface area contributed by atoms with Gasteiger partial charge in [0.25, 0.3) is 5.91 Å². The Hall–Kier alpha value is -3.26. The summed E-state index contributed by atoms with van der Waals surface area (Å²) in [6.07, 6.45) is -1.76. The minimum Gasteiger partial charge on any atom is -0.481 e. The predicted octanol–water partition coefficient (Wildman–Crippen LogP) is 4.42. The van der Waals surface area contributed by atoms with Crippen LogP contribution in [-0.4, -0.2) is 88.7 Å². The predicted molar refractivity (Wildman–Crippen MR) is 146 cm³/mol. The number of likely N-dealkylation sites (tertiary alicyclic amines) is 1. The van der Waals surface area contributed by atoms with Gasteiger partial charge in [0.2, 0.25) is 11.8 Å². The highest BCUT2D eigenvalue weighted by Gasteiger charge is 2.58. The third kappa shape index (κ3) is 6.35. The quantitative estimate of drug-likeness (QED) is 0.403. The molecule has 3 heterocycles. The van der Waals surface area contributed by atoms with E-state index in [2.05, 4.69) is 20.5 Å². The van der Waals surface area contributed by atoms with Crippen LogP contribution >= 0.6 is 0 Å². The lowest BCUT2D eigenvalue weighted by Gasteiger charge is -2.42. The SMILES string of the molecule is COc1cc(-c2cc(C(=O)N3CC[C@H](C(=O)N[C@H]4CC[C@@](OC[C@@H](C)OC)(C(F)(F)F)CC4)CC34CC4)n[nH]2)c(F)cn1. The Balaban J connectivity index is 1.18. The van der Waals surface area contributed by atoms with Crippen LogP contribution < -0.4 is 10.1 Å². The van der Waals surface area contributed by atoms with E-state index in [0.717, 1.165) is 19.0 Å². The number of pyridine rings is 1. The van der Waals surface area contributed by atoms with Gasteiger partial charge in [-0.25, -0.2) is 9.37 Å². The van der Waals surface area contributed by atoms with Crippen molar-refractivity contribution < 1.29 is 41.4 Å². The van der Waals surface area contributed by atoms with E-state index in [4.69, 9.17) is 14.2 Å². The van der Waals surface area contributed by atoms with Gasteiger partial charge in [0, 0.05) is 42.8 Å². The maximum absolute atomic E-state index is 14.4. The molecule has 14 heteroatoms. The number of amides is 2. The Morgan fingerprint density at radius 3 is 2.51 bits per heavy atom. The molecule has 2 saturated carbocycles. The molecule has 1 saturated heterocycles. The number of hydrogen-bond acceptors (Lipinski definition) is 7. The highest BCUT2D eigenvalue weighted by Crippen LogP contribution is 2.51. The summed E-state index contributed by atoms with van der Waals surface area (Å²) in [5.41, 5.74) is -2.10. The van der Waals surface area contributed by atoms with E-state index in [9.17, 15) is 27.2 Å². The van der Waals surface area contributed by atoms with Crippen LogP contribution in [0, 0.1) is 11.7 Å². The van der Waals surface area contributed by atoms with Gasteiger partial charge in [-0.05, 0) is 64.4 Å². The van der Waals surface area contributed by atoms with Crippen molar-refractivity contribution in [3.8, 4) is 17.1 Å². The summed E-state index contributed by atoms with van der Waals surface area (Å²) in [5.74, 6) is -1.23. The third-order valence-corrected chi connectivity index (χ3v) is 9.12. The maximum Gasteiger partial charge on any atom is 0.417 e. The summed E-state index contributed by atoms with van der Waals surface area (Å²) in [4.78, 5) is 32.3. The second kappa shape index (κ2) is 12.0. The lowest BCUT2D eigenvalue weighted by Crippen LogP contribution is -2.55. The topological polar surface area (TPSA) is 119 Å². The average molecular weight is 612 g/mol. The van der Waals surface area contributed by atoms with Crippen molar-refractivity contribution in [2.45, 2.75) is 87.8 Å². The van der Waals surface area contributed by atoms with Gasteiger partial charge in [0.1, 0.15) is 0 Å². The van der Waals surface area contributed by atoms with E-state index in [1.54, 1.807) is 11.8 Å². The molecule has 1 spiro atoms. The molecule has 0 unspecified atom stereocenters. The van der Waals surface area contributed by atoms with Crippen molar-refractivity contribution in [1.82, 2.24) is 25.4 Å². The fourth-order valence-electron chi connectivity index (χ4n) is 6.20. The smallest absolute Gasteiger partial charge is 0.417 e. The molecule has 10 nitrogen and oxygen atoms in total. The minimum absolute atomic E-state index is 0.136. The van der Waals surface area contributed by atoms with Gasteiger partial charge in [-0.3, -0.25) is 14.7 Å². The van der Waals surface area contributed by atoms with E-state index in [1.807, 2.05) is 0 Å². The first-order valence-electron chi connectivity index (χ1n) is 14.5. The Morgan fingerprint density at radius 2 is 1.88 bits per heavy atom. The summed E-state index contributed by atoms with van der Waals surface area (Å²) in [6, 6.07) is 2.52. The molecular formula is C29H37F4N5O5. The molecule has 3 fully saturated rings. The molecule has 2 atom stereocenters. The number of rotatable bonds is 9. The van der Waals surface area contributed by atoms with Gasteiger partial charge < -0.3 is 24.4 Å². The molecule has 43 heavy (non-hydrogen) atoms. The number of carbonyl (C=O) groups is 2. The van der Waals surface area contributed by atoms with Crippen molar-refractivity contribution in [1.29, 1.82) is 0 Å². The molecule has 5 rings (SSSR count). The number of nitrogens with one attached hydrogen (secondary N) is 2. The van der Waals surface area contributed by atoms with Gasteiger partial charge in [-0.15, -0.1) is 0 Å². The Labute approximate surface area is 246 Å². The number of halogens is 4. The van der Waals surface area contributed by atoms with Crippen molar-refractivity contribution in [3.63, 3.8) is 0 Å². The van der Waals surface area contributed by atoms with E-state index < -0.39 is 29.2 Å². The summed E-state index contributed by atoms with van der Waals surface area (Å²) in [7, 11) is 2.84. The molecule has 1 aliphatic heterocycles. The van der Waals surface area contributed by atoms with E-state index >= 15 is 0 Å². The number of carbonyl (C=O) groups excluding carboxylic acids is 2. The maximum atomic E-state index is 14.4. The highest BCUT2D eigenvalue weighted by molar-refractivity contribution is 5.94. The van der Waals surface area contributed by atoms with Crippen molar-refractivity contribution in [3.05, 3.63) is 29.8 Å². The summed E-state index contributed by atoms with van der Waals surface area (Å²) in [5, 5.41) is 9.81. The van der Waals surface area contributed by atoms with Gasteiger partial charge in [0.15, 0.2) is 17.1 Å². The van der Waals surface area contributed by atoms with Gasteiger partial charge in [-0.2, -0.15) is 18.3 Å². The lowest BCUT2D eigenvalue weighted by atomic mass is 9.80. The van der Waals surface area contributed by atoms with E-state index in [1.165, 1.54) is 26.4 Å². The van der Waals surface area contributed by atoms with Crippen LogP contribution in [0.25, 0.3) is 11.3 Å². The van der Waals surface area contributed by atoms with Gasteiger partial charge in [-0.1, -0.05) is 0 Å². The van der Waals surface area contributed by atoms with Crippen LogP contribution in [0.4, 0.5) is 17.6 Å². The first-order chi connectivity index (χ1) is 20.4. The standard InChI is InChI=1S/C29H37F4N5O5/c1-17(41-2)16-43-28(29(31,32)33)7-4-19(5-8-28)35-25(39)18-6-11-38(27(14-18)9-10-27)26(40)23-13-22(36-37-23)20-12-24(42-3)34-15-21(20)30/h12-13,15,17-19H,4-11,14,16H2,1-3H3,(H,35,39)(H,36,37)/t17-,18+,19-,28-/m1/s1. The summed E-state index contributed by atoms with van der Waals surface area (Å²) < 4.78 is 71.8. The van der Waals surface area contributed by atoms with E-state index in [0.29, 0.717) is 25.1 Å². The highest BCUT2D eigenvalue weighted by atomic mass is 19.4. The number of aromatic nitrogens is 3. The van der Waals surface area contributed by atoms with Crippen molar-refractivity contribution in [2.24, 2.45) is 5.92 Å². The van der Waals surface area contributed by atoms with Crippen LogP contribution in [0.15, 0.2) is 18.3 Å². The zero-order valence-electron chi connectivity index (χ0n) is 24.4. The van der Waals surface area contributed by atoms with Crippen LogP contribution in [0.2, 0.25) is 0 Å². The number of aromatic amines is 1. The van der Waals surface area contributed by atoms with Crippen LogP contribution in [0.5, 0.6) is 5.88 Å². The number of hydrogen-bond donors (Lipinski definition) is 2. The minimum atomic E-state index is -4.53. The Kier molecular flexibility index (Phi) is 8.72. The molecule has 2 aromatic heterocycles. The second-order valence-electron chi connectivity index (χ2n) is 11.9. The molecular weight excluding hydrogens is 574 g/mol. The molecule has 0 radical (unpaired) electrons. The zero-order chi connectivity index (χ0) is 31.0. The van der Waals surface area contributed by atoms with Crippen molar-refractivity contribution in [2.75, 3.05) is 27.4 Å². The molecule has 2 amide bonds. The lowest BCUT2D eigenvalue weighted by molar-refractivity contribution is -0.293. The van der Waals surface area contributed by atoms with Gasteiger partial charge in [0.05, 0.1) is 31.7 Å². The molecule has 0 bridgehead atoms. The molecule has 2 aliphatic carbocycles. The molecule has 2 aromatic rings. The number of piperidine rings is 1. The molecule has 236 valence electrons. The fraction of sp³-hybridized carbons (Fsp3) is 0.655. The monoisotopic (exact) mass is 611 g/mol. The number of ether oxygens (including phenoxy) is 3. The summed E-state index contributed by atoms with van der Waals surface area (Å²) >= 11 is 0. The fourth-order valence-corrected chi connectivity index (χ4v) is 6.20. The molecule has 2 N–H and O–H groups in total. The van der Waals surface area contributed by atoms with Crippen LogP contribution in [0.1, 0.15) is 68.8 Å². The zero-order valence-corrected chi connectivity index (χ0v) is 24.4. The van der Waals surface area contributed by atoms with Crippen LogP contribution in [0.3, 0.4) is 0 Å².